The standard InChI is InChI=1S/C11H13BrF2O2S/c1-6-4-7(17-8(6)12)11(13,14)5-10(2,3)9(15)16/h4H,5H2,1-3H3,(H,15,16). The van der Waals surface area contributed by atoms with Gasteiger partial charge in [0.2, 0.25) is 0 Å². The van der Waals surface area contributed by atoms with Crippen LogP contribution in [0.4, 0.5) is 8.78 Å². The number of hydrogen-bond acceptors (Lipinski definition) is 2. The van der Waals surface area contributed by atoms with Crippen LogP contribution in [0, 0.1) is 12.3 Å². The van der Waals surface area contributed by atoms with Crippen molar-refractivity contribution in [2.75, 3.05) is 0 Å². The average molecular weight is 327 g/mol. The van der Waals surface area contributed by atoms with Gasteiger partial charge in [-0.3, -0.25) is 4.79 Å². The van der Waals surface area contributed by atoms with E-state index in [9.17, 15) is 13.6 Å². The largest absolute Gasteiger partial charge is 0.481 e. The molecule has 0 unspecified atom stereocenters. The van der Waals surface area contributed by atoms with Gasteiger partial charge in [0.25, 0.3) is 5.92 Å². The lowest BCUT2D eigenvalue weighted by Crippen LogP contribution is -2.30. The van der Waals surface area contributed by atoms with Gasteiger partial charge < -0.3 is 5.11 Å². The minimum Gasteiger partial charge on any atom is -0.481 e. The number of aryl methyl sites for hydroxylation is 1. The summed E-state index contributed by atoms with van der Waals surface area (Å²) >= 11 is 4.13. The first-order valence-electron chi connectivity index (χ1n) is 4.94. The van der Waals surface area contributed by atoms with Crippen molar-refractivity contribution in [1.29, 1.82) is 0 Å². The van der Waals surface area contributed by atoms with E-state index in [0.29, 0.717) is 3.79 Å². The highest BCUT2D eigenvalue weighted by Crippen LogP contribution is 2.44. The topological polar surface area (TPSA) is 37.3 Å². The van der Waals surface area contributed by atoms with Gasteiger partial charge in [0.15, 0.2) is 0 Å². The maximum Gasteiger partial charge on any atom is 0.309 e. The number of hydrogen-bond donors (Lipinski definition) is 1. The zero-order valence-corrected chi connectivity index (χ0v) is 12.1. The van der Waals surface area contributed by atoms with E-state index in [4.69, 9.17) is 5.11 Å². The summed E-state index contributed by atoms with van der Waals surface area (Å²) in [5.41, 5.74) is -0.716. The number of rotatable bonds is 4. The van der Waals surface area contributed by atoms with E-state index >= 15 is 0 Å². The molecule has 0 atom stereocenters. The summed E-state index contributed by atoms with van der Waals surface area (Å²) in [7, 11) is 0. The minimum absolute atomic E-state index is 0.101. The van der Waals surface area contributed by atoms with Crippen LogP contribution < -0.4 is 0 Å². The zero-order valence-electron chi connectivity index (χ0n) is 9.68. The van der Waals surface area contributed by atoms with Gasteiger partial charge in [-0.1, -0.05) is 0 Å². The quantitative estimate of drug-likeness (QED) is 0.889. The maximum absolute atomic E-state index is 13.9. The van der Waals surface area contributed by atoms with Crippen molar-refractivity contribution in [3.8, 4) is 0 Å². The molecule has 2 nitrogen and oxygen atoms in total. The van der Waals surface area contributed by atoms with E-state index in [1.54, 1.807) is 6.92 Å². The third-order valence-corrected chi connectivity index (χ3v) is 4.71. The van der Waals surface area contributed by atoms with Crippen LogP contribution in [0.3, 0.4) is 0 Å². The van der Waals surface area contributed by atoms with Gasteiger partial charge in [-0.05, 0) is 48.3 Å². The van der Waals surface area contributed by atoms with Crippen LogP contribution in [0.25, 0.3) is 0 Å². The molecule has 1 rings (SSSR count). The van der Waals surface area contributed by atoms with Crippen LogP contribution in [0.2, 0.25) is 0 Å². The van der Waals surface area contributed by atoms with E-state index < -0.39 is 23.7 Å². The van der Waals surface area contributed by atoms with Crippen LogP contribution in [0.5, 0.6) is 0 Å². The number of halogens is 3. The molecule has 1 aromatic heterocycles. The Kier molecular flexibility index (Phi) is 3.98. The lowest BCUT2D eigenvalue weighted by Gasteiger charge is -2.24. The summed E-state index contributed by atoms with van der Waals surface area (Å²) in [6, 6.07) is 1.40. The second-order valence-corrected chi connectivity index (χ2v) is 7.01. The van der Waals surface area contributed by atoms with Crippen LogP contribution in [-0.2, 0) is 10.7 Å². The summed E-state index contributed by atoms with van der Waals surface area (Å²) in [6.45, 7) is 4.33. The Hall–Kier alpha value is -0.490. The van der Waals surface area contributed by atoms with E-state index in [1.165, 1.54) is 19.9 Å². The fraction of sp³-hybridized carbons (Fsp3) is 0.545. The van der Waals surface area contributed by atoms with E-state index in [0.717, 1.165) is 16.9 Å². The molecule has 17 heavy (non-hydrogen) atoms. The van der Waals surface area contributed by atoms with Crippen molar-refractivity contribution in [3.63, 3.8) is 0 Å². The van der Waals surface area contributed by atoms with Crippen molar-refractivity contribution in [2.45, 2.75) is 33.1 Å². The molecule has 0 saturated heterocycles. The molecular weight excluding hydrogens is 314 g/mol. The number of thiophene rings is 1. The number of carbonyl (C=O) groups is 1. The molecule has 0 bridgehead atoms. The number of carboxylic acid groups (broad SMARTS) is 1. The lowest BCUT2D eigenvalue weighted by molar-refractivity contribution is -0.153. The fourth-order valence-electron chi connectivity index (χ4n) is 1.36. The first-order chi connectivity index (χ1) is 7.56. The molecular formula is C11H13BrF2O2S. The monoisotopic (exact) mass is 326 g/mol. The molecule has 1 N–H and O–H groups in total. The van der Waals surface area contributed by atoms with E-state index in [1.807, 2.05) is 0 Å². The van der Waals surface area contributed by atoms with Crippen LogP contribution in [0.1, 0.15) is 30.7 Å². The van der Waals surface area contributed by atoms with E-state index in [2.05, 4.69) is 15.9 Å². The number of carboxylic acids is 1. The maximum atomic E-state index is 13.9. The van der Waals surface area contributed by atoms with Crippen LogP contribution >= 0.6 is 27.3 Å². The summed E-state index contributed by atoms with van der Waals surface area (Å²) in [4.78, 5) is 10.8. The first-order valence-corrected chi connectivity index (χ1v) is 6.55. The minimum atomic E-state index is -3.12. The average Bonchev–Trinajstić information content (AvgIpc) is 2.45. The first kappa shape index (κ1) is 14.6. The van der Waals surface area contributed by atoms with Crippen molar-refractivity contribution >= 4 is 33.2 Å². The van der Waals surface area contributed by atoms with Crippen molar-refractivity contribution in [2.24, 2.45) is 5.41 Å². The zero-order chi connectivity index (χ0) is 13.4. The third-order valence-electron chi connectivity index (χ3n) is 2.46. The summed E-state index contributed by atoms with van der Waals surface area (Å²) in [6.07, 6.45) is -0.707. The molecule has 0 radical (unpaired) electrons. The summed E-state index contributed by atoms with van der Waals surface area (Å²) in [5.74, 6) is -4.34. The smallest absolute Gasteiger partial charge is 0.309 e. The predicted molar refractivity (Wildman–Crippen MR) is 66.7 cm³/mol. The highest BCUT2D eigenvalue weighted by Gasteiger charge is 2.43. The molecule has 1 heterocycles. The lowest BCUT2D eigenvalue weighted by atomic mass is 9.86. The molecule has 0 amide bonds. The molecule has 0 aliphatic carbocycles. The molecule has 6 heteroatoms. The molecule has 0 fully saturated rings. The SMILES string of the molecule is Cc1cc(C(F)(F)CC(C)(C)C(=O)O)sc1Br. The molecule has 0 aliphatic rings. The van der Waals surface area contributed by atoms with Gasteiger partial charge in [0.1, 0.15) is 0 Å². The van der Waals surface area contributed by atoms with Gasteiger partial charge >= 0.3 is 5.97 Å². The van der Waals surface area contributed by atoms with Crippen molar-refractivity contribution < 1.29 is 18.7 Å². The summed E-state index contributed by atoms with van der Waals surface area (Å²) < 4.78 is 28.5. The van der Waals surface area contributed by atoms with E-state index in [-0.39, 0.29) is 4.88 Å². The Morgan fingerprint density at radius 2 is 2.06 bits per heavy atom. The highest BCUT2D eigenvalue weighted by atomic mass is 79.9. The third kappa shape index (κ3) is 3.25. The molecule has 0 spiro atoms. The van der Waals surface area contributed by atoms with Crippen molar-refractivity contribution in [1.82, 2.24) is 0 Å². The summed E-state index contributed by atoms with van der Waals surface area (Å²) in [5, 5.41) is 8.87. The van der Waals surface area contributed by atoms with Gasteiger partial charge in [-0.2, -0.15) is 0 Å². The van der Waals surface area contributed by atoms with Gasteiger partial charge in [-0.15, -0.1) is 11.3 Å². The Balaban J connectivity index is 3.00. The van der Waals surface area contributed by atoms with Crippen molar-refractivity contribution in [3.05, 3.63) is 20.3 Å². The number of aliphatic carboxylic acids is 1. The normalized spacial score (nSPS) is 12.8. The second-order valence-electron chi connectivity index (χ2n) is 4.64. The predicted octanol–water partition coefficient (Wildman–Crippen LogP) is 4.41. The van der Waals surface area contributed by atoms with Crippen LogP contribution in [-0.4, -0.2) is 11.1 Å². The Bertz CT molecular complexity index is 421. The van der Waals surface area contributed by atoms with Gasteiger partial charge in [-0.25, -0.2) is 8.78 Å². The molecule has 0 aliphatic heterocycles. The molecule has 96 valence electrons. The van der Waals surface area contributed by atoms with Gasteiger partial charge in [0, 0.05) is 6.42 Å². The molecule has 1 aromatic rings. The Labute approximate surface area is 111 Å². The number of alkyl halides is 2. The molecule has 0 saturated carbocycles. The fourth-order valence-corrected chi connectivity index (χ4v) is 2.87. The van der Waals surface area contributed by atoms with Gasteiger partial charge in [0.05, 0.1) is 14.1 Å². The Morgan fingerprint density at radius 1 is 1.53 bits per heavy atom. The van der Waals surface area contributed by atoms with Crippen LogP contribution in [0.15, 0.2) is 9.85 Å². The highest BCUT2D eigenvalue weighted by molar-refractivity contribution is 9.11. The molecule has 0 aromatic carbocycles. The second kappa shape index (κ2) is 4.65. The Morgan fingerprint density at radius 3 is 2.41 bits per heavy atom.